The summed E-state index contributed by atoms with van der Waals surface area (Å²) in [6.45, 7) is 6.22. The average Bonchev–Trinajstić information content (AvgIpc) is 1.84. The van der Waals surface area contributed by atoms with Crippen molar-refractivity contribution in [1.82, 2.24) is 0 Å². The van der Waals surface area contributed by atoms with E-state index in [-0.39, 0.29) is 0 Å². The third-order valence-electron chi connectivity index (χ3n) is 0.617. The van der Waals surface area contributed by atoms with Crippen LogP contribution < -0.4 is 0 Å². The van der Waals surface area contributed by atoms with Gasteiger partial charge in [0.1, 0.15) is 0 Å². The summed E-state index contributed by atoms with van der Waals surface area (Å²) in [4.78, 5) is 0. The van der Waals surface area contributed by atoms with Gasteiger partial charge in [-0.2, -0.15) is 0 Å². The quantitative estimate of drug-likeness (QED) is 0.430. The molecule has 0 unspecified atom stereocenters. The SMILES string of the molecule is C=C/C(O)=C(/F)C=C. The van der Waals surface area contributed by atoms with Crippen molar-refractivity contribution < 1.29 is 9.50 Å². The summed E-state index contributed by atoms with van der Waals surface area (Å²) >= 11 is 0. The first-order valence-corrected chi connectivity index (χ1v) is 2.06. The van der Waals surface area contributed by atoms with Gasteiger partial charge in [0.05, 0.1) is 0 Å². The molecule has 2 heteroatoms. The molecule has 0 aromatic rings. The molecule has 1 nitrogen and oxygen atoms in total. The van der Waals surface area contributed by atoms with Crippen molar-refractivity contribution in [3.63, 3.8) is 0 Å². The van der Waals surface area contributed by atoms with Gasteiger partial charge in [-0.25, -0.2) is 4.39 Å². The number of aliphatic hydroxyl groups excluding tert-OH is 1. The molecular formula is C6H7FO. The smallest absolute Gasteiger partial charge is 0.164 e. The highest BCUT2D eigenvalue weighted by molar-refractivity contribution is 5.19. The van der Waals surface area contributed by atoms with Crippen molar-refractivity contribution in [2.24, 2.45) is 0 Å². The molecule has 0 fully saturated rings. The number of allylic oxidation sites excluding steroid dienone is 3. The minimum atomic E-state index is -0.750. The number of rotatable bonds is 2. The van der Waals surface area contributed by atoms with E-state index in [1.54, 1.807) is 0 Å². The molecule has 0 bridgehead atoms. The maximum Gasteiger partial charge on any atom is 0.164 e. The predicted octanol–water partition coefficient (Wildman–Crippen LogP) is 2.10. The summed E-state index contributed by atoms with van der Waals surface area (Å²) in [6, 6.07) is 0. The van der Waals surface area contributed by atoms with Crippen molar-refractivity contribution in [3.05, 3.63) is 36.9 Å². The van der Waals surface area contributed by atoms with E-state index < -0.39 is 11.6 Å². The number of halogens is 1. The maximum atomic E-state index is 12.0. The summed E-state index contributed by atoms with van der Waals surface area (Å²) in [5.74, 6) is -1.22. The monoisotopic (exact) mass is 114 g/mol. The molecule has 0 radical (unpaired) electrons. The van der Waals surface area contributed by atoms with Gasteiger partial charge in [0.25, 0.3) is 0 Å². The van der Waals surface area contributed by atoms with Crippen LogP contribution in [0.4, 0.5) is 4.39 Å². The highest BCUT2D eigenvalue weighted by Crippen LogP contribution is 2.03. The molecule has 44 valence electrons. The van der Waals surface area contributed by atoms with E-state index in [9.17, 15) is 4.39 Å². The fourth-order valence-electron chi connectivity index (χ4n) is 0.202. The van der Waals surface area contributed by atoms with Gasteiger partial charge in [-0.1, -0.05) is 13.2 Å². The van der Waals surface area contributed by atoms with E-state index in [0.29, 0.717) is 0 Å². The fraction of sp³-hybridized carbons (Fsp3) is 0. The van der Waals surface area contributed by atoms with Crippen LogP contribution in [0.25, 0.3) is 0 Å². The first-order valence-electron chi connectivity index (χ1n) is 2.06. The van der Waals surface area contributed by atoms with Crippen LogP contribution in [0.1, 0.15) is 0 Å². The third kappa shape index (κ3) is 1.60. The summed E-state index contributed by atoms with van der Waals surface area (Å²) in [5, 5.41) is 8.44. The Balaban J connectivity index is 4.25. The Hall–Kier alpha value is -1.05. The molecule has 1 N–H and O–H groups in total. The Kier molecular flexibility index (Phi) is 2.62. The Bertz CT molecular complexity index is 119. The van der Waals surface area contributed by atoms with Gasteiger partial charge in [-0.3, -0.25) is 0 Å². The van der Waals surface area contributed by atoms with Crippen LogP contribution in [0.15, 0.2) is 36.9 Å². The van der Waals surface area contributed by atoms with E-state index in [4.69, 9.17) is 5.11 Å². The molecular weight excluding hydrogens is 107 g/mol. The van der Waals surface area contributed by atoms with Crippen molar-refractivity contribution >= 4 is 0 Å². The molecule has 0 aliphatic carbocycles. The normalized spacial score (nSPS) is 12.1. The zero-order valence-electron chi connectivity index (χ0n) is 4.39. The van der Waals surface area contributed by atoms with Crippen LogP contribution in [0.3, 0.4) is 0 Å². The maximum absolute atomic E-state index is 12.0. The highest BCUT2D eigenvalue weighted by Gasteiger charge is 1.91. The number of aliphatic hydroxyl groups is 1. The predicted molar refractivity (Wildman–Crippen MR) is 31.2 cm³/mol. The topological polar surface area (TPSA) is 20.2 Å². The Morgan fingerprint density at radius 3 is 2.00 bits per heavy atom. The fourth-order valence-corrected chi connectivity index (χ4v) is 0.202. The lowest BCUT2D eigenvalue weighted by atomic mass is 10.4. The largest absolute Gasteiger partial charge is 0.505 e. The van der Waals surface area contributed by atoms with Crippen LogP contribution in [0.5, 0.6) is 0 Å². The van der Waals surface area contributed by atoms with Gasteiger partial charge in [-0.05, 0) is 12.2 Å². The molecule has 0 aliphatic rings. The molecule has 0 saturated heterocycles. The molecule has 0 atom stereocenters. The Morgan fingerprint density at radius 2 is 1.88 bits per heavy atom. The summed E-state index contributed by atoms with van der Waals surface area (Å²) in [7, 11) is 0. The second-order valence-electron chi connectivity index (χ2n) is 1.14. The van der Waals surface area contributed by atoms with Gasteiger partial charge >= 0.3 is 0 Å². The lowest BCUT2D eigenvalue weighted by molar-refractivity contribution is 0.406. The van der Waals surface area contributed by atoms with E-state index in [1.807, 2.05) is 0 Å². The number of hydrogen-bond donors (Lipinski definition) is 1. The lowest BCUT2D eigenvalue weighted by Gasteiger charge is -1.86. The first-order chi connectivity index (χ1) is 3.72. The minimum absolute atomic E-state index is 0.472. The highest BCUT2D eigenvalue weighted by atomic mass is 19.1. The molecule has 0 rings (SSSR count). The van der Waals surface area contributed by atoms with Crippen LogP contribution in [0, 0.1) is 0 Å². The van der Waals surface area contributed by atoms with Crippen LogP contribution >= 0.6 is 0 Å². The Morgan fingerprint density at radius 1 is 1.38 bits per heavy atom. The van der Waals surface area contributed by atoms with Crippen molar-refractivity contribution in [3.8, 4) is 0 Å². The zero-order chi connectivity index (χ0) is 6.57. The van der Waals surface area contributed by atoms with E-state index in [2.05, 4.69) is 13.2 Å². The molecule has 0 spiro atoms. The lowest BCUT2D eigenvalue weighted by Crippen LogP contribution is -1.74. The number of hydrogen-bond acceptors (Lipinski definition) is 1. The molecule has 0 aliphatic heterocycles. The summed E-state index contributed by atoms with van der Waals surface area (Å²) in [5.41, 5.74) is 0. The standard InChI is InChI=1S/C6H7FO/c1-3-5(7)6(8)4-2/h3-4,8H,1-2H2/b6-5-. The molecule has 0 saturated carbocycles. The molecule has 0 amide bonds. The van der Waals surface area contributed by atoms with Crippen molar-refractivity contribution in [1.29, 1.82) is 0 Å². The van der Waals surface area contributed by atoms with E-state index in [0.717, 1.165) is 12.2 Å². The van der Waals surface area contributed by atoms with Gasteiger partial charge in [0.2, 0.25) is 0 Å². The third-order valence-corrected chi connectivity index (χ3v) is 0.617. The van der Waals surface area contributed by atoms with Crippen LogP contribution in [0.2, 0.25) is 0 Å². The second kappa shape index (κ2) is 3.02. The molecule has 0 heterocycles. The Labute approximate surface area is 47.5 Å². The molecule has 8 heavy (non-hydrogen) atoms. The second-order valence-corrected chi connectivity index (χ2v) is 1.14. The van der Waals surface area contributed by atoms with Crippen molar-refractivity contribution in [2.45, 2.75) is 0 Å². The van der Waals surface area contributed by atoms with E-state index in [1.165, 1.54) is 0 Å². The van der Waals surface area contributed by atoms with Crippen molar-refractivity contribution in [2.75, 3.05) is 0 Å². The summed E-state index contributed by atoms with van der Waals surface area (Å²) < 4.78 is 12.0. The van der Waals surface area contributed by atoms with Crippen LogP contribution in [-0.2, 0) is 0 Å². The van der Waals surface area contributed by atoms with Crippen LogP contribution in [-0.4, -0.2) is 5.11 Å². The van der Waals surface area contributed by atoms with Gasteiger partial charge in [-0.15, -0.1) is 0 Å². The van der Waals surface area contributed by atoms with E-state index >= 15 is 0 Å². The summed E-state index contributed by atoms with van der Waals surface area (Å²) in [6.07, 6.45) is 1.92. The average molecular weight is 114 g/mol. The first kappa shape index (κ1) is 6.95. The minimum Gasteiger partial charge on any atom is -0.505 e. The molecule has 0 aromatic carbocycles. The molecule has 0 aromatic heterocycles. The van der Waals surface area contributed by atoms with Gasteiger partial charge in [0, 0.05) is 0 Å². The zero-order valence-corrected chi connectivity index (χ0v) is 4.39. The van der Waals surface area contributed by atoms with Gasteiger partial charge in [0.15, 0.2) is 11.6 Å². The van der Waals surface area contributed by atoms with Gasteiger partial charge < -0.3 is 5.11 Å².